The van der Waals surface area contributed by atoms with Gasteiger partial charge in [-0.1, -0.05) is 36.5 Å². The fraction of sp³-hybridized carbons (Fsp3) is 0.556. The van der Waals surface area contributed by atoms with Crippen LogP contribution in [0.5, 0.6) is 0 Å². The van der Waals surface area contributed by atoms with Crippen LogP contribution >= 0.6 is 0 Å². The van der Waals surface area contributed by atoms with Crippen molar-refractivity contribution in [2.45, 2.75) is 57.8 Å². The third-order valence-corrected chi connectivity index (χ3v) is 3.32. The van der Waals surface area contributed by atoms with Crippen LogP contribution in [0.2, 0.25) is 0 Å². The van der Waals surface area contributed by atoms with Crippen LogP contribution in [0.1, 0.15) is 57.8 Å². The van der Waals surface area contributed by atoms with E-state index in [4.69, 9.17) is 4.74 Å². The molecule has 0 bridgehead atoms. The quantitative estimate of drug-likeness (QED) is 0.625. The van der Waals surface area contributed by atoms with Crippen molar-refractivity contribution in [3.63, 3.8) is 0 Å². The molecule has 0 fully saturated rings. The number of hydrogen-bond acceptors (Lipinski definition) is 3. The molecular formula is C18H26O3. The number of ether oxygens (including phenoxy) is 1. The molecule has 0 saturated heterocycles. The first kappa shape index (κ1) is 17.4. The van der Waals surface area contributed by atoms with Crippen LogP contribution in [0.25, 0.3) is 0 Å². The topological polar surface area (TPSA) is 43.4 Å². The zero-order valence-corrected chi connectivity index (χ0v) is 12.8. The first-order valence-corrected chi connectivity index (χ1v) is 7.94. The largest absolute Gasteiger partial charge is 0.466 e. The summed E-state index contributed by atoms with van der Waals surface area (Å²) < 4.78 is 5.12. The number of allylic oxidation sites excluding steroid dienone is 6. The van der Waals surface area contributed by atoms with E-state index in [1.807, 2.05) is 24.3 Å². The maximum atomic E-state index is 11.6. The molecule has 3 nitrogen and oxygen atoms in total. The van der Waals surface area contributed by atoms with Crippen molar-refractivity contribution in [3.8, 4) is 0 Å². The molecule has 0 aromatic heterocycles. The molecular weight excluding hydrogens is 264 g/mol. The highest BCUT2D eigenvalue weighted by atomic mass is 16.5. The lowest BCUT2D eigenvalue weighted by Gasteiger charge is -2.04. The number of cyclic esters (lactones) is 1. The van der Waals surface area contributed by atoms with Crippen molar-refractivity contribution >= 4 is 11.8 Å². The summed E-state index contributed by atoms with van der Waals surface area (Å²) in [6, 6.07) is 0. The SMILES string of the molecule is O=C1CCCCC=CC=CC=CCCCCOC(=O)CC1. The van der Waals surface area contributed by atoms with Gasteiger partial charge in [-0.25, -0.2) is 0 Å². The van der Waals surface area contributed by atoms with Crippen LogP contribution in [-0.2, 0) is 14.3 Å². The van der Waals surface area contributed by atoms with Gasteiger partial charge in [-0.3, -0.25) is 9.59 Å². The molecule has 3 heteroatoms. The van der Waals surface area contributed by atoms with Crippen LogP contribution in [-0.4, -0.2) is 18.4 Å². The Morgan fingerprint density at radius 2 is 1.38 bits per heavy atom. The van der Waals surface area contributed by atoms with E-state index in [0.717, 1.165) is 38.5 Å². The number of hydrogen-bond donors (Lipinski definition) is 0. The van der Waals surface area contributed by atoms with E-state index in [2.05, 4.69) is 12.2 Å². The molecule has 0 atom stereocenters. The van der Waals surface area contributed by atoms with Crippen LogP contribution in [0, 0.1) is 0 Å². The zero-order chi connectivity index (χ0) is 15.2. The summed E-state index contributed by atoms with van der Waals surface area (Å²) >= 11 is 0. The average molecular weight is 290 g/mol. The predicted molar refractivity (Wildman–Crippen MR) is 84.9 cm³/mol. The van der Waals surface area contributed by atoms with Crippen LogP contribution in [0.3, 0.4) is 0 Å². The summed E-state index contributed by atoms with van der Waals surface area (Å²) in [6.45, 7) is 0.458. The highest BCUT2D eigenvalue weighted by molar-refractivity contribution is 5.82. The van der Waals surface area contributed by atoms with E-state index >= 15 is 0 Å². The van der Waals surface area contributed by atoms with Crippen molar-refractivity contribution < 1.29 is 14.3 Å². The van der Waals surface area contributed by atoms with Gasteiger partial charge in [-0.05, 0) is 38.5 Å². The zero-order valence-electron chi connectivity index (χ0n) is 12.8. The highest BCUT2D eigenvalue weighted by Crippen LogP contribution is 2.06. The van der Waals surface area contributed by atoms with E-state index in [-0.39, 0.29) is 18.2 Å². The predicted octanol–water partition coefficient (Wildman–Crippen LogP) is 4.29. The van der Waals surface area contributed by atoms with E-state index in [1.165, 1.54) is 0 Å². The number of Topliss-reactive ketones (excluding diaryl/α,β-unsaturated/α-hetero) is 1. The molecule has 0 aromatic rings. The molecule has 0 unspecified atom stereocenters. The second-order valence-electron chi connectivity index (χ2n) is 5.24. The lowest BCUT2D eigenvalue weighted by Crippen LogP contribution is -2.08. The third kappa shape index (κ3) is 10.8. The molecule has 1 heterocycles. The Morgan fingerprint density at radius 3 is 2.10 bits per heavy atom. The van der Waals surface area contributed by atoms with Crippen molar-refractivity contribution in [1.82, 2.24) is 0 Å². The van der Waals surface area contributed by atoms with Gasteiger partial charge in [0.15, 0.2) is 0 Å². The van der Waals surface area contributed by atoms with Crippen molar-refractivity contribution in [2.75, 3.05) is 6.61 Å². The number of rotatable bonds is 0. The summed E-state index contributed by atoms with van der Waals surface area (Å²) in [5, 5.41) is 0. The lowest BCUT2D eigenvalue weighted by atomic mass is 10.1. The standard InChI is InChI=1S/C18H26O3/c19-17-13-11-9-7-5-3-1-2-4-6-8-10-12-16-21-18(20)15-14-17/h1-6H,7-16H2. The first-order chi connectivity index (χ1) is 10.3. The summed E-state index contributed by atoms with van der Waals surface area (Å²) in [6.07, 6.45) is 19.3. The maximum Gasteiger partial charge on any atom is 0.306 e. The Labute approximate surface area is 127 Å². The van der Waals surface area contributed by atoms with Crippen molar-refractivity contribution in [3.05, 3.63) is 36.5 Å². The van der Waals surface area contributed by atoms with Gasteiger partial charge < -0.3 is 4.74 Å². The Hall–Kier alpha value is -1.64. The summed E-state index contributed by atoms with van der Waals surface area (Å²) in [5.74, 6) is -0.0828. The average Bonchev–Trinajstić information content (AvgIpc) is 2.48. The van der Waals surface area contributed by atoms with Crippen LogP contribution < -0.4 is 0 Å². The smallest absolute Gasteiger partial charge is 0.306 e. The normalized spacial score (nSPS) is 20.4. The van der Waals surface area contributed by atoms with Gasteiger partial charge in [-0.2, -0.15) is 0 Å². The molecule has 0 N–H and O–H groups in total. The molecule has 1 aliphatic rings. The van der Waals surface area contributed by atoms with Gasteiger partial charge >= 0.3 is 5.97 Å². The van der Waals surface area contributed by atoms with E-state index in [0.29, 0.717) is 19.4 Å². The monoisotopic (exact) mass is 290 g/mol. The van der Waals surface area contributed by atoms with Crippen LogP contribution in [0.4, 0.5) is 0 Å². The second kappa shape index (κ2) is 12.1. The molecule has 116 valence electrons. The molecule has 0 saturated carbocycles. The highest BCUT2D eigenvalue weighted by Gasteiger charge is 2.07. The van der Waals surface area contributed by atoms with Gasteiger partial charge in [-0.15, -0.1) is 0 Å². The van der Waals surface area contributed by atoms with E-state index in [1.54, 1.807) is 0 Å². The van der Waals surface area contributed by atoms with Gasteiger partial charge in [0, 0.05) is 12.8 Å². The van der Waals surface area contributed by atoms with Crippen molar-refractivity contribution in [1.29, 1.82) is 0 Å². The minimum Gasteiger partial charge on any atom is -0.466 e. The molecule has 0 amide bonds. The minimum absolute atomic E-state index is 0.165. The number of carbonyl (C=O) groups excluding carboxylic acids is 2. The fourth-order valence-corrected chi connectivity index (χ4v) is 2.05. The molecule has 0 aromatic carbocycles. The first-order valence-electron chi connectivity index (χ1n) is 7.94. The summed E-state index contributed by atoms with van der Waals surface area (Å²) in [7, 11) is 0. The van der Waals surface area contributed by atoms with Crippen LogP contribution in [0.15, 0.2) is 36.5 Å². The van der Waals surface area contributed by atoms with Gasteiger partial charge in [0.25, 0.3) is 0 Å². The summed E-state index contributed by atoms with van der Waals surface area (Å²) in [5.41, 5.74) is 0. The molecule has 0 aliphatic carbocycles. The lowest BCUT2D eigenvalue weighted by molar-refractivity contribution is -0.145. The number of esters is 1. The fourth-order valence-electron chi connectivity index (χ4n) is 2.05. The second-order valence-corrected chi connectivity index (χ2v) is 5.24. The number of carbonyl (C=O) groups is 2. The van der Waals surface area contributed by atoms with Crippen molar-refractivity contribution in [2.24, 2.45) is 0 Å². The molecule has 1 aliphatic heterocycles. The van der Waals surface area contributed by atoms with E-state index < -0.39 is 0 Å². The maximum absolute atomic E-state index is 11.6. The van der Waals surface area contributed by atoms with E-state index in [9.17, 15) is 9.59 Å². The Kier molecular flexibility index (Phi) is 10.1. The Morgan fingerprint density at radius 1 is 0.714 bits per heavy atom. The molecule has 21 heavy (non-hydrogen) atoms. The molecule has 1 rings (SSSR count). The van der Waals surface area contributed by atoms with Gasteiger partial charge in [0.2, 0.25) is 0 Å². The van der Waals surface area contributed by atoms with Gasteiger partial charge in [0.05, 0.1) is 13.0 Å². The summed E-state index contributed by atoms with van der Waals surface area (Å²) in [4.78, 5) is 23.1. The molecule has 0 spiro atoms. The third-order valence-electron chi connectivity index (χ3n) is 3.32. The number of ketones is 1. The molecule has 0 radical (unpaired) electrons. The Balaban J connectivity index is 2.37. The van der Waals surface area contributed by atoms with Gasteiger partial charge in [0.1, 0.15) is 5.78 Å². The minimum atomic E-state index is -0.248. The Bertz CT molecular complexity index is 391.